The maximum absolute atomic E-state index is 11.0. The second-order valence-corrected chi connectivity index (χ2v) is 4.51. The van der Waals surface area contributed by atoms with Gasteiger partial charge in [-0.2, -0.15) is 0 Å². The Balaban J connectivity index is 2.83. The first-order valence-corrected chi connectivity index (χ1v) is 6.21. The lowest BCUT2D eigenvalue weighted by molar-refractivity contribution is -0.385. The summed E-state index contributed by atoms with van der Waals surface area (Å²) in [5.41, 5.74) is 2.48. The Morgan fingerprint density at radius 1 is 1.47 bits per heavy atom. The highest BCUT2D eigenvalue weighted by atomic mass is 16.6. The molecular formula is C14H20N2O3. The summed E-state index contributed by atoms with van der Waals surface area (Å²) >= 11 is 0. The van der Waals surface area contributed by atoms with Crippen molar-refractivity contribution in [2.45, 2.75) is 20.8 Å². The van der Waals surface area contributed by atoms with Gasteiger partial charge in [-0.3, -0.25) is 10.1 Å². The fourth-order valence-corrected chi connectivity index (χ4v) is 1.78. The quantitative estimate of drug-likeness (QED) is 0.467. The number of nitrogens with one attached hydrogen (secondary N) is 1. The molecule has 0 unspecified atom stereocenters. The normalized spacial score (nSPS) is 10.3. The molecule has 0 fully saturated rings. The van der Waals surface area contributed by atoms with E-state index in [0.717, 1.165) is 23.2 Å². The molecular weight excluding hydrogens is 244 g/mol. The molecule has 0 bridgehead atoms. The number of hydrogen-bond acceptors (Lipinski definition) is 4. The van der Waals surface area contributed by atoms with Crippen molar-refractivity contribution in [3.63, 3.8) is 0 Å². The van der Waals surface area contributed by atoms with E-state index in [-0.39, 0.29) is 12.3 Å². The average molecular weight is 264 g/mol. The Kier molecular flexibility index (Phi) is 5.51. The molecule has 0 aliphatic heterocycles. The third-order valence-corrected chi connectivity index (χ3v) is 2.64. The van der Waals surface area contributed by atoms with E-state index in [1.54, 1.807) is 0 Å². The first-order chi connectivity index (χ1) is 8.95. The number of benzene rings is 1. The molecule has 0 aliphatic rings. The van der Waals surface area contributed by atoms with Crippen LogP contribution in [0.1, 0.15) is 18.1 Å². The second kappa shape index (κ2) is 6.89. The molecule has 104 valence electrons. The number of nitrogens with zero attached hydrogens (tertiary/aromatic N) is 1. The molecule has 0 spiro atoms. The van der Waals surface area contributed by atoms with Crippen LogP contribution in [0, 0.1) is 24.0 Å². The summed E-state index contributed by atoms with van der Waals surface area (Å²) in [4.78, 5) is 10.6. The number of aryl methyl sites for hydroxylation is 2. The minimum absolute atomic E-state index is 0.00810. The molecule has 1 rings (SSSR count). The Hall–Kier alpha value is -1.88. The lowest BCUT2D eigenvalue weighted by Gasteiger charge is -2.12. The van der Waals surface area contributed by atoms with Crippen LogP contribution in [0.4, 0.5) is 5.69 Å². The Labute approximate surface area is 113 Å². The van der Waals surface area contributed by atoms with E-state index in [1.165, 1.54) is 6.07 Å². The molecule has 0 heterocycles. The smallest absolute Gasteiger partial charge is 0.311 e. The van der Waals surface area contributed by atoms with Gasteiger partial charge in [0.15, 0.2) is 5.75 Å². The summed E-state index contributed by atoms with van der Waals surface area (Å²) in [5.74, 6) is 0.327. The number of hydrogen-bond donors (Lipinski definition) is 1. The zero-order valence-corrected chi connectivity index (χ0v) is 11.7. The highest BCUT2D eigenvalue weighted by Gasteiger charge is 2.18. The first kappa shape index (κ1) is 15.2. The van der Waals surface area contributed by atoms with Crippen LogP contribution in [-0.4, -0.2) is 24.6 Å². The molecule has 0 aliphatic carbocycles. The summed E-state index contributed by atoms with van der Waals surface area (Å²) in [5, 5.41) is 14.2. The minimum Gasteiger partial charge on any atom is -0.482 e. The third-order valence-electron chi connectivity index (χ3n) is 2.64. The van der Waals surface area contributed by atoms with Crippen LogP contribution >= 0.6 is 0 Å². The van der Waals surface area contributed by atoms with E-state index >= 15 is 0 Å². The molecule has 1 aromatic carbocycles. The van der Waals surface area contributed by atoms with Crippen molar-refractivity contribution < 1.29 is 9.66 Å². The zero-order valence-electron chi connectivity index (χ0n) is 11.7. The third kappa shape index (κ3) is 4.37. The molecule has 1 aromatic rings. The predicted molar refractivity (Wildman–Crippen MR) is 75.7 cm³/mol. The van der Waals surface area contributed by atoms with Gasteiger partial charge >= 0.3 is 5.69 Å². The van der Waals surface area contributed by atoms with Gasteiger partial charge in [-0.25, -0.2) is 0 Å². The van der Waals surface area contributed by atoms with Crippen molar-refractivity contribution in [3.8, 4) is 5.75 Å². The van der Waals surface area contributed by atoms with E-state index in [1.807, 2.05) is 26.8 Å². The predicted octanol–water partition coefficient (Wildman–Crippen LogP) is 2.76. The van der Waals surface area contributed by atoms with E-state index < -0.39 is 4.92 Å². The van der Waals surface area contributed by atoms with Crippen molar-refractivity contribution >= 4 is 5.69 Å². The summed E-state index contributed by atoms with van der Waals surface area (Å²) in [6.07, 6.45) is 0. The Bertz CT molecular complexity index is 484. The molecule has 0 saturated heterocycles. The van der Waals surface area contributed by atoms with Crippen LogP contribution in [0.15, 0.2) is 24.3 Å². The Morgan fingerprint density at radius 2 is 2.16 bits per heavy atom. The standard InChI is InChI=1S/C14H20N2O3/c1-5-15-8-11(3)9-19-14-12(4)6-10(2)7-13(14)16(17)18/h6-7,15H,3,5,8-9H2,1-2,4H3. The van der Waals surface area contributed by atoms with Gasteiger partial charge in [0.25, 0.3) is 0 Å². The van der Waals surface area contributed by atoms with Crippen molar-refractivity contribution in [2.24, 2.45) is 0 Å². The van der Waals surface area contributed by atoms with Gasteiger partial charge in [-0.05, 0) is 37.1 Å². The van der Waals surface area contributed by atoms with Gasteiger partial charge in [-0.1, -0.05) is 19.6 Å². The van der Waals surface area contributed by atoms with Gasteiger partial charge in [0.1, 0.15) is 6.61 Å². The largest absolute Gasteiger partial charge is 0.482 e. The van der Waals surface area contributed by atoms with E-state index in [9.17, 15) is 10.1 Å². The number of ether oxygens (including phenoxy) is 1. The zero-order chi connectivity index (χ0) is 14.4. The molecule has 0 atom stereocenters. The fourth-order valence-electron chi connectivity index (χ4n) is 1.78. The number of likely N-dealkylation sites (N-methyl/N-ethyl adjacent to an activating group) is 1. The average Bonchev–Trinajstić information content (AvgIpc) is 2.34. The molecule has 19 heavy (non-hydrogen) atoms. The molecule has 0 aromatic heterocycles. The van der Waals surface area contributed by atoms with Gasteiger partial charge in [-0.15, -0.1) is 0 Å². The van der Waals surface area contributed by atoms with E-state index in [0.29, 0.717) is 12.3 Å². The maximum Gasteiger partial charge on any atom is 0.311 e. The highest BCUT2D eigenvalue weighted by Crippen LogP contribution is 2.32. The highest BCUT2D eigenvalue weighted by molar-refractivity contribution is 5.53. The van der Waals surface area contributed by atoms with Crippen LogP contribution in [0.2, 0.25) is 0 Å². The Morgan fingerprint density at radius 3 is 2.74 bits per heavy atom. The minimum atomic E-state index is -0.414. The molecule has 5 heteroatoms. The number of rotatable bonds is 7. The molecule has 0 radical (unpaired) electrons. The van der Waals surface area contributed by atoms with Crippen molar-refractivity contribution in [3.05, 3.63) is 45.5 Å². The maximum atomic E-state index is 11.0. The van der Waals surface area contributed by atoms with Crippen LogP contribution in [0.25, 0.3) is 0 Å². The summed E-state index contributed by atoms with van der Waals surface area (Å²) in [6, 6.07) is 3.39. The van der Waals surface area contributed by atoms with Crippen molar-refractivity contribution in [1.29, 1.82) is 0 Å². The van der Waals surface area contributed by atoms with Crippen LogP contribution in [0.5, 0.6) is 5.75 Å². The van der Waals surface area contributed by atoms with Gasteiger partial charge in [0.2, 0.25) is 0 Å². The summed E-state index contributed by atoms with van der Waals surface area (Å²) in [6.45, 7) is 11.3. The van der Waals surface area contributed by atoms with Gasteiger partial charge in [0.05, 0.1) is 4.92 Å². The van der Waals surface area contributed by atoms with E-state index in [4.69, 9.17) is 4.74 Å². The fraction of sp³-hybridized carbons (Fsp3) is 0.429. The molecule has 1 N–H and O–H groups in total. The second-order valence-electron chi connectivity index (χ2n) is 4.51. The summed E-state index contributed by atoms with van der Waals surface area (Å²) in [7, 11) is 0. The van der Waals surface area contributed by atoms with Gasteiger partial charge in [0, 0.05) is 12.6 Å². The lowest BCUT2D eigenvalue weighted by atomic mass is 10.1. The summed E-state index contributed by atoms with van der Waals surface area (Å²) < 4.78 is 5.56. The monoisotopic (exact) mass is 264 g/mol. The topological polar surface area (TPSA) is 64.4 Å². The molecule has 0 saturated carbocycles. The number of nitro benzene ring substituents is 1. The molecule has 5 nitrogen and oxygen atoms in total. The lowest BCUT2D eigenvalue weighted by Crippen LogP contribution is -2.19. The van der Waals surface area contributed by atoms with Crippen molar-refractivity contribution in [1.82, 2.24) is 5.32 Å². The number of nitro groups is 1. The van der Waals surface area contributed by atoms with Crippen LogP contribution in [-0.2, 0) is 0 Å². The van der Waals surface area contributed by atoms with Crippen LogP contribution < -0.4 is 10.1 Å². The van der Waals surface area contributed by atoms with Gasteiger partial charge < -0.3 is 10.1 Å². The SMILES string of the molecule is C=C(CNCC)COc1c(C)cc(C)cc1[N+](=O)[O-]. The molecule has 0 amide bonds. The van der Waals surface area contributed by atoms with Crippen LogP contribution in [0.3, 0.4) is 0 Å². The van der Waals surface area contributed by atoms with E-state index in [2.05, 4.69) is 11.9 Å². The van der Waals surface area contributed by atoms with Crippen molar-refractivity contribution in [2.75, 3.05) is 19.7 Å². The first-order valence-electron chi connectivity index (χ1n) is 6.21.